The van der Waals surface area contributed by atoms with Gasteiger partial charge in [-0.25, -0.2) is 0 Å². The molecule has 9 nitrogen and oxygen atoms in total. The van der Waals surface area contributed by atoms with E-state index in [4.69, 9.17) is 9.47 Å². The number of carbonyl (C=O) groups is 1. The standard InChI is InChI=1S/C69H115NO8/c1-3-5-7-9-11-13-15-17-19-21-23-25-27-29-31-32-33-35-37-39-41-43-45-47-49-51-53-55-57-59-65(73)70-62(61-77-69-68(76)67(75)66(74)64(60-71)78-69)63(72)58-56-54-52-50-48-46-44-42-40-38-36-34-30-28-26-24-22-20-18-16-14-12-10-8-6-4-2/h5,7,11,13,17,19,23,25,29,31,33,35,39-42,45,47-48,50,56,58,62-64,66-69,71-72,74-76H,3-4,6,8-10,12,14-16,18,20-22,24,26-28,30,32,34,36-38,43-44,46,49,51-55,57,59-61H2,1-2H3,(H,70,73)/b7-5-,13-11-,19-17-,25-23-,31-29-,35-33-,41-39-,42-40+,47-45-,50-48+,58-56+. The molecule has 6 N–H and O–H groups in total. The molecule has 0 aliphatic carbocycles. The number of amides is 1. The van der Waals surface area contributed by atoms with Crippen LogP contribution in [0.4, 0.5) is 0 Å². The summed E-state index contributed by atoms with van der Waals surface area (Å²) in [6.07, 6.45) is 79.5. The van der Waals surface area contributed by atoms with Gasteiger partial charge in [0.05, 0.1) is 25.4 Å². The molecular formula is C69H115NO8. The van der Waals surface area contributed by atoms with Gasteiger partial charge in [-0.2, -0.15) is 0 Å². The lowest BCUT2D eigenvalue weighted by Gasteiger charge is -2.40. The minimum Gasteiger partial charge on any atom is -0.394 e. The van der Waals surface area contributed by atoms with E-state index in [0.29, 0.717) is 19.3 Å². The first-order valence-electron chi connectivity index (χ1n) is 31.4. The number of rotatable bonds is 52. The second kappa shape index (κ2) is 56.6. The maximum Gasteiger partial charge on any atom is 0.220 e. The molecule has 0 aromatic heterocycles. The summed E-state index contributed by atoms with van der Waals surface area (Å²) in [6.45, 7) is 3.63. The molecule has 1 rings (SSSR count). The summed E-state index contributed by atoms with van der Waals surface area (Å²) in [6, 6.07) is -0.854. The van der Waals surface area contributed by atoms with E-state index >= 15 is 0 Å². The third-order valence-electron chi connectivity index (χ3n) is 13.9. The number of aliphatic hydroxyl groups excluding tert-OH is 5. The van der Waals surface area contributed by atoms with Gasteiger partial charge in [0.2, 0.25) is 5.91 Å². The summed E-state index contributed by atoms with van der Waals surface area (Å²) in [4.78, 5) is 13.1. The van der Waals surface area contributed by atoms with Crippen LogP contribution >= 0.6 is 0 Å². The third kappa shape index (κ3) is 45.1. The van der Waals surface area contributed by atoms with Gasteiger partial charge in [0.1, 0.15) is 24.4 Å². The molecule has 0 radical (unpaired) electrons. The van der Waals surface area contributed by atoms with Crippen LogP contribution in [0.15, 0.2) is 134 Å². The minimum absolute atomic E-state index is 0.220. The van der Waals surface area contributed by atoms with Crippen molar-refractivity contribution >= 4 is 5.91 Å². The summed E-state index contributed by atoms with van der Waals surface area (Å²) in [5.41, 5.74) is 0. The molecule has 1 aliphatic rings. The maximum absolute atomic E-state index is 13.1. The zero-order valence-electron chi connectivity index (χ0n) is 49.4. The van der Waals surface area contributed by atoms with Gasteiger partial charge >= 0.3 is 0 Å². The predicted octanol–water partition coefficient (Wildman–Crippen LogP) is 16.5. The topological polar surface area (TPSA) is 149 Å². The first-order chi connectivity index (χ1) is 38.3. The molecule has 1 heterocycles. The third-order valence-corrected chi connectivity index (χ3v) is 13.9. The van der Waals surface area contributed by atoms with Crippen molar-refractivity contribution in [2.45, 2.75) is 281 Å². The number of ether oxygens (including phenoxy) is 2. The largest absolute Gasteiger partial charge is 0.394 e. The Morgan fingerprint density at radius 3 is 1.23 bits per heavy atom. The van der Waals surface area contributed by atoms with Crippen molar-refractivity contribution in [3.8, 4) is 0 Å². The zero-order chi connectivity index (χ0) is 56.5. The van der Waals surface area contributed by atoms with E-state index in [2.05, 4.69) is 141 Å². The average Bonchev–Trinajstić information content (AvgIpc) is 3.45. The van der Waals surface area contributed by atoms with Crippen molar-refractivity contribution in [2.75, 3.05) is 13.2 Å². The minimum atomic E-state index is -1.59. The van der Waals surface area contributed by atoms with Gasteiger partial charge in [0.25, 0.3) is 0 Å². The molecule has 7 atom stereocenters. The molecular weight excluding hydrogens is 971 g/mol. The summed E-state index contributed by atoms with van der Waals surface area (Å²) < 4.78 is 11.3. The lowest BCUT2D eigenvalue weighted by molar-refractivity contribution is -0.302. The fourth-order valence-corrected chi connectivity index (χ4v) is 9.03. The first-order valence-corrected chi connectivity index (χ1v) is 31.4. The van der Waals surface area contributed by atoms with Crippen molar-refractivity contribution in [1.82, 2.24) is 5.32 Å². The van der Waals surface area contributed by atoms with Crippen LogP contribution in [0, 0.1) is 0 Å². The Hall–Kier alpha value is -3.67. The zero-order valence-corrected chi connectivity index (χ0v) is 49.4. The quantitative estimate of drug-likeness (QED) is 0.0261. The second-order valence-electron chi connectivity index (χ2n) is 21.1. The van der Waals surface area contributed by atoms with Crippen molar-refractivity contribution in [1.29, 1.82) is 0 Å². The van der Waals surface area contributed by atoms with Crippen molar-refractivity contribution in [3.63, 3.8) is 0 Å². The lowest BCUT2D eigenvalue weighted by atomic mass is 9.99. The van der Waals surface area contributed by atoms with Crippen LogP contribution in [0.2, 0.25) is 0 Å². The molecule has 78 heavy (non-hydrogen) atoms. The van der Waals surface area contributed by atoms with E-state index in [9.17, 15) is 30.3 Å². The lowest BCUT2D eigenvalue weighted by Crippen LogP contribution is -2.60. The number of aliphatic hydroxyl groups is 5. The fourth-order valence-electron chi connectivity index (χ4n) is 9.03. The van der Waals surface area contributed by atoms with Gasteiger partial charge in [0.15, 0.2) is 6.29 Å². The molecule has 1 aliphatic heterocycles. The highest BCUT2D eigenvalue weighted by Crippen LogP contribution is 2.23. The van der Waals surface area contributed by atoms with E-state index in [1.807, 2.05) is 6.08 Å². The maximum atomic E-state index is 13.1. The molecule has 1 fully saturated rings. The van der Waals surface area contributed by atoms with Gasteiger partial charge < -0.3 is 40.3 Å². The first kappa shape index (κ1) is 72.3. The Morgan fingerprint density at radius 1 is 0.449 bits per heavy atom. The van der Waals surface area contributed by atoms with Gasteiger partial charge in [0, 0.05) is 6.42 Å². The van der Waals surface area contributed by atoms with Crippen LogP contribution < -0.4 is 5.32 Å². The molecule has 7 unspecified atom stereocenters. The van der Waals surface area contributed by atoms with Crippen LogP contribution in [-0.4, -0.2) is 87.5 Å². The van der Waals surface area contributed by atoms with E-state index in [-0.39, 0.29) is 12.5 Å². The summed E-state index contributed by atoms with van der Waals surface area (Å²) >= 11 is 0. The van der Waals surface area contributed by atoms with Gasteiger partial charge in [-0.15, -0.1) is 0 Å². The summed E-state index contributed by atoms with van der Waals surface area (Å²) in [5, 5.41) is 54.6. The Kier molecular flexibility index (Phi) is 52.5. The second-order valence-corrected chi connectivity index (χ2v) is 21.1. The van der Waals surface area contributed by atoms with Gasteiger partial charge in [-0.05, 0) is 109 Å². The highest BCUT2D eigenvalue weighted by molar-refractivity contribution is 5.76. The Balaban J connectivity index is 2.28. The van der Waals surface area contributed by atoms with Crippen LogP contribution in [0.1, 0.15) is 239 Å². The molecule has 0 bridgehead atoms. The SMILES string of the molecule is CC/C=C\C/C=C\C/C=C\C/C=C\C/C=C\C/C=C\C/C=C\C/C=C\CCCCCCC(=O)NC(COC1OC(CO)C(O)C(O)C1O)C(O)/C=C/CC/C=C/CC/C=C/CCCCCCCCCCCCCCCCCC. The monoisotopic (exact) mass is 1090 g/mol. The van der Waals surface area contributed by atoms with E-state index in [1.54, 1.807) is 6.08 Å². The van der Waals surface area contributed by atoms with Gasteiger partial charge in [-0.3, -0.25) is 4.79 Å². The molecule has 1 saturated heterocycles. The molecule has 0 saturated carbocycles. The number of unbranched alkanes of at least 4 members (excludes halogenated alkanes) is 22. The normalized spacial score (nSPS) is 19.6. The molecule has 0 spiro atoms. The average molecular weight is 1090 g/mol. The summed E-state index contributed by atoms with van der Waals surface area (Å²) in [7, 11) is 0. The van der Waals surface area contributed by atoms with Gasteiger partial charge in [-0.1, -0.05) is 257 Å². The highest BCUT2D eigenvalue weighted by atomic mass is 16.7. The number of allylic oxidation sites excluding steroid dienone is 21. The number of hydrogen-bond donors (Lipinski definition) is 6. The smallest absolute Gasteiger partial charge is 0.220 e. The molecule has 0 aromatic carbocycles. The Morgan fingerprint density at radius 2 is 0.808 bits per heavy atom. The van der Waals surface area contributed by atoms with Crippen molar-refractivity contribution in [3.05, 3.63) is 134 Å². The number of nitrogens with one attached hydrogen (secondary N) is 1. The number of carbonyl (C=O) groups excluding carboxylic acids is 1. The highest BCUT2D eigenvalue weighted by Gasteiger charge is 2.44. The van der Waals surface area contributed by atoms with E-state index < -0.39 is 49.5 Å². The number of hydrogen-bond acceptors (Lipinski definition) is 8. The fraction of sp³-hybridized carbons (Fsp3) is 0.667. The summed E-state index contributed by atoms with van der Waals surface area (Å²) in [5.74, 6) is -0.220. The van der Waals surface area contributed by atoms with Crippen molar-refractivity contribution in [2.24, 2.45) is 0 Å². The Labute approximate surface area is 477 Å². The Bertz CT molecular complexity index is 1690. The van der Waals surface area contributed by atoms with Crippen LogP contribution in [0.3, 0.4) is 0 Å². The molecule has 1 amide bonds. The van der Waals surface area contributed by atoms with E-state index in [0.717, 1.165) is 103 Å². The molecule has 444 valence electrons. The van der Waals surface area contributed by atoms with Crippen LogP contribution in [-0.2, 0) is 14.3 Å². The van der Waals surface area contributed by atoms with Crippen molar-refractivity contribution < 1.29 is 39.8 Å². The van der Waals surface area contributed by atoms with E-state index in [1.165, 1.54) is 103 Å². The molecule has 0 aromatic rings. The van der Waals surface area contributed by atoms with Crippen LogP contribution in [0.5, 0.6) is 0 Å². The molecule has 9 heteroatoms. The predicted molar refractivity (Wildman–Crippen MR) is 331 cm³/mol. The van der Waals surface area contributed by atoms with Crippen LogP contribution in [0.25, 0.3) is 0 Å².